The summed E-state index contributed by atoms with van der Waals surface area (Å²) in [5, 5.41) is 0. The zero-order valence-electron chi connectivity index (χ0n) is 10.6. The second-order valence-corrected chi connectivity index (χ2v) is 5.79. The third-order valence-electron chi connectivity index (χ3n) is 3.60. The Balaban J connectivity index is 2.20. The Hall–Kier alpha value is -1.34. The molecule has 1 aliphatic rings. The molecule has 90 valence electrons. The summed E-state index contributed by atoms with van der Waals surface area (Å²) in [4.78, 5) is 0. The molecule has 2 aromatic carbocycles. The SMILES string of the molecule is Cc1ccc(-c2ccc(Br)c3c2C(C)C=C3)cc1. The number of halogens is 1. The van der Waals surface area contributed by atoms with Crippen LogP contribution in [0.15, 0.2) is 46.9 Å². The van der Waals surface area contributed by atoms with E-state index in [-0.39, 0.29) is 0 Å². The first-order chi connectivity index (χ1) is 8.66. The lowest BCUT2D eigenvalue weighted by Gasteiger charge is -2.14. The van der Waals surface area contributed by atoms with Crippen molar-refractivity contribution >= 4 is 22.0 Å². The molecule has 1 unspecified atom stereocenters. The van der Waals surface area contributed by atoms with Crippen molar-refractivity contribution in [1.82, 2.24) is 0 Å². The molecule has 1 atom stereocenters. The minimum absolute atomic E-state index is 0.494. The maximum absolute atomic E-state index is 3.64. The summed E-state index contributed by atoms with van der Waals surface area (Å²) < 4.78 is 1.19. The molecule has 0 bridgehead atoms. The van der Waals surface area contributed by atoms with Crippen LogP contribution in [-0.4, -0.2) is 0 Å². The minimum atomic E-state index is 0.494. The highest BCUT2D eigenvalue weighted by Crippen LogP contribution is 2.41. The normalized spacial score (nSPS) is 16.9. The first kappa shape index (κ1) is 11.7. The molecule has 0 amide bonds. The van der Waals surface area contributed by atoms with Gasteiger partial charge in [0.05, 0.1) is 0 Å². The van der Waals surface area contributed by atoms with Gasteiger partial charge in [0, 0.05) is 10.4 Å². The van der Waals surface area contributed by atoms with E-state index in [0.29, 0.717) is 5.92 Å². The molecule has 0 spiro atoms. The van der Waals surface area contributed by atoms with Crippen LogP contribution in [0, 0.1) is 6.92 Å². The lowest BCUT2D eigenvalue weighted by Crippen LogP contribution is -1.93. The van der Waals surface area contributed by atoms with Gasteiger partial charge >= 0.3 is 0 Å². The van der Waals surface area contributed by atoms with E-state index in [1.54, 1.807) is 0 Å². The Kier molecular flexibility index (Phi) is 2.87. The van der Waals surface area contributed by atoms with Gasteiger partial charge in [-0.1, -0.05) is 70.9 Å². The molecular weight excluding hydrogens is 284 g/mol. The average molecular weight is 299 g/mol. The van der Waals surface area contributed by atoms with Crippen LogP contribution < -0.4 is 0 Å². The number of aryl methyl sites for hydroxylation is 1. The number of rotatable bonds is 1. The van der Waals surface area contributed by atoms with Crippen LogP contribution in [0.25, 0.3) is 17.2 Å². The molecule has 0 N–H and O–H groups in total. The van der Waals surface area contributed by atoms with Gasteiger partial charge in [-0.2, -0.15) is 0 Å². The largest absolute Gasteiger partial charge is 0.0766 e. The van der Waals surface area contributed by atoms with Crippen molar-refractivity contribution in [1.29, 1.82) is 0 Å². The van der Waals surface area contributed by atoms with Gasteiger partial charge in [0.2, 0.25) is 0 Å². The molecule has 0 radical (unpaired) electrons. The molecule has 0 aromatic heterocycles. The van der Waals surface area contributed by atoms with Crippen LogP contribution in [0.1, 0.15) is 29.5 Å². The van der Waals surface area contributed by atoms with Crippen molar-refractivity contribution in [3.63, 3.8) is 0 Å². The third kappa shape index (κ3) is 1.83. The molecular formula is C17H15Br. The van der Waals surface area contributed by atoms with Gasteiger partial charge in [-0.15, -0.1) is 0 Å². The zero-order valence-corrected chi connectivity index (χ0v) is 12.2. The van der Waals surface area contributed by atoms with Crippen LogP contribution in [0.2, 0.25) is 0 Å². The van der Waals surface area contributed by atoms with E-state index < -0.39 is 0 Å². The van der Waals surface area contributed by atoms with E-state index in [0.717, 1.165) is 0 Å². The highest BCUT2D eigenvalue weighted by atomic mass is 79.9. The first-order valence-corrected chi connectivity index (χ1v) is 7.04. The maximum atomic E-state index is 3.64. The number of hydrogen-bond acceptors (Lipinski definition) is 0. The predicted molar refractivity (Wildman–Crippen MR) is 81.8 cm³/mol. The number of benzene rings is 2. The molecule has 0 nitrogen and oxygen atoms in total. The quantitative estimate of drug-likeness (QED) is 0.647. The summed E-state index contributed by atoms with van der Waals surface area (Å²) in [6, 6.07) is 13.1. The fourth-order valence-corrected chi connectivity index (χ4v) is 3.07. The van der Waals surface area contributed by atoms with Crippen molar-refractivity contribution in [2.24, 2.45) is 0 Å². The van der Waals surface area contributed by atoms with Crippen LogP contribution in [-0.2, 0) is 0 Å². The summed E-state index contributed by atoms with van der Waals surface area (Å²) in [7, 11) is 0. The standard InChI is InChI=1S/C17H15Br/c1-11-3-6-13(7-4-11)14-9-10-16(18)15-8-5-12(2)17(14)15/h3-10,12H,1-2H3. The van der Waals surface area contributed by atoms with Crippen LogP contribution in [0.3, 0.4) is 0 Å². The molecule has 2 aromatic rings. The molecule has 1 heteroatoms. The van der Waals surface area contributed by atoms with Crippen molar-refractivity contribution in [3.8, 4) is 11.1 Å². The van der Waals surface area contributed by atoms with Crippen LogP contribution in [0.5, 0.6) is 0 Å². The van der Waals surface area contributed by atoms with Crippen LogP contribution >= 0.6 is 15.9 Å². The molecule has 18 heavy (non-hydrogen) atoms. The number of hydrogen-bond donors (Lipinski definition) is 0. The predicted octanol–water partition coefficient (Wildman–Crippen LogP) is 5.55. The highest BCUT2D eigenvalue weighted by Gasteiger charge is 2.19. The zero-order chi connectivity index (χ0) is 12.7. The minimum Gasteiger partial charge on any atom is -0.0766 e. The van der Waals surface area contributed by atoms with Gasteiger partial charge in [-0.25, -0.2) is 0 Å². The van der Waals surface area contributed by atoms with E-state index >= 15 is 0 Å². The fraction of sp³-hybridized carbons (Fsp3) is 0.176. The molecule has 1 aliphatic carbocycles. The lowest BCUT2D eigenvalue weighted by molar-refractivity contribution is 0.991. The van der Waals surface area contributed by atoms with E-state index in [4.69, 9.17) is 0 Å². The Morgan fingerprint density at radius 1 is 1.00 bits per heavy atom. The van der Waals surface area contributed by atoms with Gasteiger partial charge in [0.15, 0.2) is 0 Å². The first-order valence-electron chi connectivity index (χ1n) is 6.24. The smallest absolute Gasteiger partial charge is 0.0251 e. The second-order valence-electron chi connectivity index (χ2n) is 4.94. The summed E-state index contributed by atoms with van der Waals surface area (Å²) in [6.45, 7) is 4.38. The summed E-state index contributed by atoms with van der Waals surface area (Å²) in [6.07, 6.45) is 4.49. The maximum Gasteiger partial charge on any atom is 0.0251 e. The topological polar surface area (TPSA) is 0 Å². The lowest BCUT2D eigenvalue weighted by atomic mass is 9.91. The molecule has 0 saturated carbocycles. The van der Waals surface area contributed by atoms with E-state index in [1.807, 2.05) is 0 Å². The number of fused-ring (bicyclic) bond motifs is 1. The van der Waals surface area contributed by atoms with Gasteiger partial charge in [-0.3, -0.25) is 0 Å². The van der Waals surface area contributed by atoms with Crippen molar-refractivity contribution < 1.29 is 0 Å². The third-order valence-corrected chi connectivity index (χ3v) is 4.29. The molecule has 3 rings (SSSR count). The van der Waals surface area contributed by atoms with E-state index in [1.165, 1.54) is 32.3 Å². The summed E-state index contributed by atoms with van der Waals surface area (Å²) in [5.74, 6) is 0.494. The Morgan fingerprint density at radius 2 is 1.72 bits per heavy atom. The fourth-order valence-electron chi connectivity index (χ4n) is 2.59. The summed E-state index contributed by atoms with van der Waals surface area (Å²) in [5.41, 5.74) is 6.73. The molecule has 0 saturated heterocycles. The molecule has 0 fully saturated rings. The van der Waals surface area contributed by atoms with Gasteiger partial charge < -0.3 is 0 Å². The monoisotopic (exact) mass is 298 g/mol. The van der Waals surface area contributed by atoms with Crippen molar-refractivity contribution in [3.05, 3.63) is 63.6 Å². The Bertz CT molecular complexity index is 621. The van der Waals surface area contributed by atoms with E-state index in [2.05, 4.69) is 78.3 Å². The van der Waals surface area contributed by atoms with Crippen molar-refractivity contribution in [2.45, 2.75) is 19.8 Å². The van der Waals surface area contributed by atoms with E-state index in [9.17, 15) is 0 Å². The van der Waals surface area contributed by atoms with Crippen molar-refractivity contribution in [2.75, 3.05) is 0 Å². The van der Waals surface area contributed by atoms with Gasteiger partial charge in [-0.05, 0) is 35.2 Å². The summed E-state index contributed by atoms with van der Waals surface area (Å²) >= 11 is 3.64. The number of allylic oxidation sites excluding steroid dienone is 1. The Morgan fingerprint density at radius 3 is 2.44 bits per heavy atom. The van der Waals surface area contributed by atoms with Gasteiger partial charge in [0.1, 0.15) is 0 Å². The Labute approximate surface area is 116 Å². The molecule has 0 aliphatic heterocycles. The van der Waals surface area contributed by atoms with Crippen LogP contribution in [0.4, 0.5) is 0 Å². The second kappa shape index (κ2) is 4.40. The average Bonchev–Trinajstić information content (AvgIpc) is 2.75. The van der Waals surface area contributed by atoms with Gasteiger partial charge in [0.25, 0.3) is 0 Å². The highest BCUT2D eigenvalue weighted by molar-refractivity contribution is 9.10. The molecule has 0 heterocycles.